The van der Waals surface area contributed by atoms with Gasteiger partial charge < -0.3 is 4.74 Å². The third-order valence-electron chi connectivity index (χ3n) is 1.42. The van der Waals surface area contributed by atoms with Crippen LogP contribution in [-0.4, -0.2) is 26.2 Å². The lowest BCUT2D eigenvalue weighted by molar-refractivity contribution is -0.154. The Kier molecular flexibility index (Phi) is 4.11. The van der Waals surface area contributed by atoms with E-state index in [4.69, 9.17) is 22.3 Å². The number of nitrogens with zero attached hydrogens (tertiary/aromatic N) is 1. The standard InChI is InChI=1S/C7H4Cl2F3NO3S/c8-4-1-5(17(9,14)15)6(13-2-4)16-3-7(10,11)12/h1-2H,3H2. The minimum absolute atomic E-state index is 0.0939. The molecule has 0 amide bonds. The van der Waals surface area contributed by atoms with E-state index in [9.17, 15) is 21.6 Å². The minimum atomic E-state index is -4.62. The Balaban J connectivity index is 3.08. The Morgan fingerprint density at radius 1 is 1.41 bits per heavy atom. The molecule has 0 N–H and O–H groups in total. The summed E-state index contributed by atoms with van der Waals surface area (Å²) in [5.41, 5.74) is 0. The molecule has 0 bridgehead atoms. The summed E-state index contributed by atoms with van der Waals surface area (Å²) < 4.78 is 62.0. The van der Waals surface area contributed by atoms with Gasteiger partial charge in [-0.3, -0.25) is 0 Å². The molecular weight excluding hydrogens is 306 g/mol. The van der Waals surface area contributed by atoms with Crippen molar-refractivity contribution in [2.45, 2.75) is 11.1 Å². The van der Waals surface area contributed by atoms with Crippen molar-refractivity contribution >= 4 is 31.3 Å². The molecule has 0 atom stereocenters. The summed E-state index contributed by atoms with van der Waals surface area (Å²) in [4.78, 5) is 2.62. The van der Waals surface area contributed by atoms with Gasteiger partial charge in [0.05, 0.1) is 5.02 Å². The van der Waals surface area contributed by atoms with Crippen LogP contribution in [0.15, 0.2) is 17.2 Å². The van der Waals surface area contributed by atoms with Gasteiger partial charge in [-0.15, -0.1) is 0 Å². The molecule has 0 saturated carbocycles. The van der Waals surface area contributed by atoms with Crippen LogP contribution in [0.1, 0.15) is 0 Å². The van der Waals surface area contributed by atoms with Gasteiger partial charge in [-0.1, -0.05) is 11.6 Å². The number of aromatic nitrogens is 1. The normalized spacial score (nSPS) is 12.5. The monoisotopic (exact) mass is 309 g/mol. The molecule has 0 radical (unpaired) electrons. The Morgan fingerprint density at radius 2 is 2.00 bits per heavy atom. The van der Waals surface area contributed by atoms with Gasteiger partial charge in [0, 0.05) is 16.9 Å². The number of hydrogen-bond acceptors (Lipinski definition) is 4. The van der Waals surface area contributed by atoms with E-state index in [0.717, 1.165) is 12.3 Å². The van der Waals surface area contributed by atoms with Crippen LogP contribution in [0.3, 0.4) is 0 Å². The lowest BCUT2D eigenvalue weighted by Gasteiger charge is -2.10. The predicted octanol–water partition coefficient (Wildman–Crippen LogP) is 2.60. The number of rotatable bonds is 3. The smallest absolute Gasteiger partial charge is 0.422 e. The van der Waals surface area contributed by atoms with E-state index in [1.165, 1.54) is 0 Å². The second-order valence-corrected chi connectivity index (χ2v) is 5.77. The van der Waals surface area contributed by atoms with Gasteiger partial charge in [0.25, 0.3) is 9.05 Å². The zero-order valence-electron chi connectivity index (χ0n) is 7.83. The zero-order valence-corrected chi connectivity index (χ0v) is 10.2. The number of pyridine rings is 1. The molecule has 4 nitrogen and oxygen atoms in total. The molecule has 0 aliphatic carbocycles. The average Bonchev–Trinajstić information content (AvgIpc) is 2.13. The van der Waals surface area contributed by atoms with Crippen molar-refractivity contribution in [2.24, 2.45) is 0 Å². The van der Waals surface area contributed by atoms with Crippen molar-refractivity contribution in [2.75, 3.05) is 6.61 Å². The van der Waals surface area contributed by atoms with E-state index in [2.05, 4.69) is 9.72 Å². The summed E-state index contributed by atoms with van der Waals surface area (Å²) in [7, 11) is 0.707. The molecule has 0 fully saturated rings. The van der Waals surface area contributed by atoms with Crippen LogP contribution in [0.25, 0.3) is 0 Å². The SMILES string of the molecule is O=S(=O)(Cl)c1cc(Cl)cnc1OCC(F)(F)F. The molecule has 0 aliphatic rings. The van der Waals surface area contributed by atoms with Crippen LogP contribution < -0.4 is 4.74 Å². The van der Waals surface area contributed by atoms with Crippen molar-refractivity contribution in [1.82, 2.24) is 4.98 Å². The topological polar surface area (TPSA) is 56.3 Å². The molecule has 1 aromatic heterocycles. The molecule has 1 aromatic rings. The number of hydrogen-bond donors (Lipinski definition) is 0. The first-order chi connectivity index (χ1) is 7.59. The predicted molar refractivity (Wildman–Crippen MR) is 53.8 cm³/mol. The molecule has 17 heavy (non-hydrogen) atoms. The largest absolute Gasteiger partial charge is 0.467 e. The van der Waals surface area contributed by atoms with E-state index in [0.29, 0.717) is 0 Å². The van der Waals surface area contributed by atoms with Gasteiger partial charge in [0.1, 0.15) is 4.90 Å². The summed E-state index contributed by atoms with van der Waals surface area (Å²) >= 11 is 5.45. The summed E-state index contributed by atoms with van der Waals surface area (Å²) in [6.07, 6.45) is -3.67. The van der Waals surface area contributed by atoms with E-state index in [-0.39, 0.29) is 5.02 Å². The summed E-state index contributed by atoms with van der Waals surface area (Å²) in [6, 6.07) is 0.850. The second-order valence-electron chi connectivity index (χ2n) is 2.80. The highest BCUT2D eigenvalue weighted by Gasteiger charge is 2.30. The highest BCUT2D eigenvalue weighted by molar-refractivity contribution is 8.13. The number of ether oxygens (including phenoxy) is 1. The van der Waals surface area contributed by atoms with E-state index in [1.54, 1.807) is 0 Å². The third-order valence-corrected chi connectivity index (χ3v) is 2.94. The van der Waals surface area contributed by atoms with E-state index >= 15 is 0 Å². The summed E-state index contributed by atoms with van der Waals surface area (Å²) in [5, 5.41) is -0.0939. The third kappa shape index (κ3) is 4.57. The van der Waals surface area contributed by atoms with Gasteiger partial charge in [-0.25, -0.2) is 13.4 Å². The first-order valence-electron chi connectivity index (χ1n) is 3.89. The van der Waals surface area contributed by atoms with Crippen molar-refractivity contribution in [3.63, 3.8) is 0 Å². The minimum Gasteiger partial charge on any atom is -0.467 e. The summed E-state index contributed by atoms with van der Waals surface area (Å²) in [6.45, 7) is -1.68. The Hall–Kier alpha value is -0.730. The fourth-order valence-electron chi connectivity index (χ4n) is 0.841. The molecule has 1 heterocycles. The fraction of sp³-hybridized carbons (Fsp3) is 0.286. The summed E-state index contributed by atoms with van der Waals surface area (Å²) in [5.74, 6) is -0.748. The quantitative estimate of drug-likeness (QED) is 0.805. The van der Waals surface area contributed by atoms with Crippen LogP contribution in [0.5, 0.6) is 5.88 Å². The van der Waals surface area contributed by atoms with Gasteiger partial charge in [0.2, 0.25) is 5.88 Å². The Morgan fingerprint density at radius 3 is 2.47 bits per heavy atom. The van der Waals surface area contributed by atoms with Crippen LogP contribution in [0.2, 0.25) is 5.02 Å². The fourth-order valence-corrected chi connectivity index (χ4v) is 1.98. The Labute approximate surface area is 104 Å². The molecule has 0 aromatic carbocycles. The first-order valence-corrected chi connectivity index (χ1v) is 6.58. The molecule has 0 unspecified atom stereocenters. The maximum atomic E-state index is 11.9. The average molecular weight is 310 g/mol. The van der Waals surface area contributed by atoms with Crippen LogP contribution in [-0.2, 0) is 9.05 Å². The van der Waals surface area contributed by atoms with Gasteiger partial charge in [-0.05, 0) is 6.07 Å². The van der Waals surface area contributed by atoms with Gasteiger partial charge in [-0.2, -0.15) is 13.2 Å². The molecule has 0 aliphatic heterocycles. The van der Waals surface area contributed by atoms with Crippen molar-refractivity contribution < 1.29 is 26.3 Å². The van der Waals surface area contributed by atoms with Crippen LogP contribution >= 0.6 is 22.3 Å². The lowest BCUT2D eigenvalue weighted by Crippen LogP contribution is -2.20. The molecule has 10 heteroatoms. The maximum absolute atomic E-state index is 11.9. The highest BCUT2D eigenvalue weighted by atomic mass is 35.7. The molecule has 1 rings (SSSR count). The molecule has 0 spiro atoms. The molecular formula is C7H4Cl2F3NO3S. The van der Waals surface area contributed by atoms with E-state index < -0.39 is 32.6 Å². The van der Waals surface area contributed by atoms with Crippen molar-refractivity contribution in [3.8, 4) is 5.88 Å². The number of alkyl halides is 3. The van der Waals surface area contributed by atoms with Crippen LogP contribution in [0, 0.1) is 0 Å². The second kappa shape index (κ2) is 4.87. The first kappa shape index (κ1) is 14.3. The highest BCUT2D eigenvalue weighted by Crippen LogP contribution is 2.28. The Bertz CT molecular complexity index is 518. The van der Waals surface area contributed by atoms with Gasteiger partial charge >= 0.3 is 6.18 Å². The van der Waals surface area contributed by atoms with Crippen molar-refractivity contribution in [1.29, 1.82) is 0 Å². The van der Waals surface area contributed by atoms with Gasteiger partial charge in [0.15, 0.2) is 6.61 Å². The van der Waals surface area contributed by atoms with E-state index in [1.807, 2.05) is 0 Å². The van der Waals surface area contributed by atoms with Crippen LogP contribution in [0.4, 0.5) is 13.2 Å². The molecule has 0 saturated heterocycles. The number of halogens is 5. The maximum Gasteiger partial charge on any atom is 0.422 e. The zero-order chi connectivity index (χ0) is 13.3. The van der Waals surface area contributed by atoms with Crippen molar-refractivity contribution in [3.05, 3.63) is 17.3 Å². The lowest BCUT2D eigenvalue weighted by atomic mass is 10.5. The molecule has 96 valence electrons.